The van der Waals surface area contributed by atoms with Crippen LogP contribution in [0.3, 0.4) is 0 Å². The first-order valence-electron chi connectivity index (χ1n) is 9.46. The van der Waals surface area contributed by atoms with Crippen molar-refractivity contribution in [1.29, 1.82) is 0 Å². The van der Waals surface area contributed by atoms with Crippen molar-refractivity contribution in [1.82, 2.24) is 14.7 Å². The normalized spacial score (nSPS) is 10.8. The zero-order chi connectivity index (χ0) is 20.5. The van der Waals surface area contributed by atoms with Crippen molar-refractivity contribution in [2.45, 2.75) is 13.1 Å². The second-order valence-corrected chi connectivity index (χ2v) is 6.73. The molecule has 1 aromatic heterocycles. The predicted molar refractivity (Wildman–Crippen MR) is 115 cm³/mol. The number of nitrogens with zero attached hydrogens (tertiary/aromatic N) is 3. The fraction of sp³-hybridized carbons (Fsp3) is 0.167. The zero-order valence-corrected chi connectivity index (χ0v) is 16.6. The summed E-state index contributed by atoms with van der Waals surface area (Å²) >= 11 is 0. The van der Waals surface area contributed by atoms with Crippen molar-refractivity contribution in [3.05, 3.63) is 102 Å². The summed E-state index contributed by atoms with van der Waals surface area (Å²) in [6, 6.07) is 17.9. The Morgan fingerprint density at radius 1 is 1.14 bits per heavy atom. The number of ether oxygens (including phenoxy) is 1. The van der Waals surface area contributed by atoms with Crippen LogP contribution >= 0.6 is 0 Å². The Labute approximate surface area is 171 Å². The molecule has 0 bridgehead atoms. The highest BCUT2D eigenvalue weighted by Crippen LogP contribution is 2.14. The van der Waals surface area contributed by atoms with Crippen LogP contribution in [0.25, 0.3) is 6.08 Å². The highest BCUT2D eigenvalue weighted by atomic mass is 16.5. The third kappa shape index (κ3) is 6.21. The van der Waals surface area contributed by atoms with Crippen LogP contribution in [-0.2, 0) is 17.9 Å². The summed E-state index contributed by atoms with van der Waals surface area (Å²) in [5, 5.41) is 4.35. The van der Waals surface area contributed by atoms with E-state index in [-0.39, 0.29) is 5.91 Å². The highest BCUT2D eigenvalue weighted by Gasteiger charge is 2.06. The van der Waals surface area contributed by atoms with Gasteiger partial charge in [-0.15, -0.1) is 0 Å². The van der Waals surface area contributed by atoms with Crippen LogP contribution in [0, 0.1) is 0 Å². The number of hydrogen-bond acceptors (Lipinski definition) is 3. The van der Waals surface area contributed by atoms with Crippen LogP contribution in [0.2, 0.25) is 0 Å². The van der Waals surface area contributed by atoms with Crippen LogP contribution in [0.4, 0.5) is 0 Å². The average molecular weight is 387 g/mol. The first-order valence-corrected chi connectivity index (χ1v) is 9.46. The number of amides is 1. The van der Waals surface area contributed by atoms with E-state index in [4.69, 9.17) is 4.74 Å². The summed E-state index contributed by atoms with van der Waals surface area (Å²) in [4.78, 5) is 14.1. The molecule has 0 aliphatic carbocycles. The third-order valence-corrected chi connectivity index (χ3v) is 4.35. The zero-order valence-electron chi connectivity index (χ0n) is 16.6. The standard InChI is InChI=1S/C24H25N3O2/c1-3-15-29-23-12-9-21(10-13-23)17-26(2)24(28)14-11-22-16-25-27(19-22)18-20-7-5-4-6-8-20/h3-14,16,19H,1,15,17-18H2,2H3/b14-11+. The molecule has 0 unspecified atom stereocenters. The molecule has 2 aromatic carbocycles. The lowest BCUT2D eigenvalue weighted by Gasteiger charge is -2.15. The molecule has 0 aliphatic rings. The molecule has 0 fully saturated rings. The van der Waals surface area contributed by atoms with Crippen LogP contribution in [0.15, 0.2) is 85.7 Å². The minimum atomic E-state index is -0.0622. The first-order chi connectivity index (χ1) is 14.1. The fourth-order valence-corrected chi connectivity index (χ4v) is 2.82. The smallest absolute Gasteiger partial charge is 0.246 e. The third-order valence-electron chi connectivity index (χ3n) is 4.35. The molecule has 148 valence electrons. The van der Waals surface area contributed by atoms with Gasteiger partial charge in [0.25, 0.3) is 0 Å². The van der Waals surface area contributed by atoms with Crippen LogP contribution < -0.4 is 4.74 Å². The summed E-state index contributed by atoms with van der Waals surface area (Å²) < 4.78 is 7.33. The molecule has 0 radical (unpaired) electrons. The fourth-order valence-electron chi connectivity index (χ4n) is 2.82. The molecule has 3 aromatic rings. The second-order valence-electron chi connectivity index (χ2n) is 6.73. The van der Waals surface area contributed by atoms with Crippen LogP contribution in [0.1, 0.15) is 16.7 Å². The summed E-state index contributed by atoms with van der Waals surface area (Å²) in [5.74, 6) is 0.725. The van der Waals surface area contributed by atoms with Crippen molar-refractivity contribution in [3.8, 4) is 5.75 Å². The molecule has 5 heteroatoms. The van der Waals surface area contributed by atoms with Crippen molar-refractivity contribution < 1.29 is 9.53 Å². The maximum absolute atomic E-state index is 12.4. The predicted octanol–water partition coefficient (Wildman–Crippen LogP) is 4.17. The molecule has 0 spiro atoms. The summed E-state index contributed by atoms with van der Waals surface area (Å²) in [7, 11) is 1.79. The van der Waals surface area contributed by atoms with Crippen molar-refractivity contribution in [2.75, 3.05) is 13.7 Å². The maximum atomic E-state index is 12.4. The van der Waals surface area contributed by atoms with Gasteiger partial charge in [0.05, 0.1) is 12.7 Å². The van der Waals surface area contributed by atoms with Gasteiger partial charge in [0.1, 0.15) is 12.4 Å². The van der Waals surface area contributed by atoms with Gasteiger partial charge in [-0.25, -0.2) is 0 Å². The lowest BCUT2D eigenvalue weighted by Crippen LogP contribution is -2.24. The van der Waals surface area contributed by atoms with E-state index >= 15 is 0 Å². The molecule has 0 saturated carbocycles. The van der Waals surface area contributed by atoms with Gasteiger partial charge in [0.2, 0.25) is 5.91 Å². The molecule has 0 saturated heterocycles. The Morgan fingerprint density at radius 2 is 1.90 bits per heavy atom. The molecule has 29 heavy (non-hydrogen) atoms. The number of carbonyl (C=O) groups is 1. The quantitative estimate of drug-likeness (QED) is 0.409. The van der Waals surface area contributed by atoms with Crippen molar-refractivity contribution >= 4 is 12.0 Å². The molecule has 1 amide bonds. The number of likely N-dealkylation sites (N-methyl/N-ethyl adjacent to an activating group) is 1. The van der Waals surface area contributed by atoms with E-state index in [0.717, 1.165) is 16.9 Å². The molecule has 0 N–H and O–H groups in total. The number of aromatic nitrogens is 2. The SMILES string of the molecule is C=CCOc1ccc(CN(C)C(=O)/C=C/c2cnn(Cc3ccccc3)c2)cc1. The molecule has 5 nitrogen and oxygen atoms in total. The van der Waals surface area contributed by atoms with Crippen molar-refractivity contribution in [3.63, 3.8) is 0 Å². The Bertz CT molecular complexity index is 959. The van der Waals surface area contributed by atoms with Crippen LogP contribution in [0.5, 0.6) is 5.75 Å². The minimum Gasteiger partial charge on any atom is -0.490 e. The van der Waals surface area contributed by atoms with Gasteiger partial charge in [-0.05, 0) is 29.3 Å². The van der Waals surface area contributed by atoms with Gasteiger partial charge in [-0.1, -0.05) is 55.1 Å². The van der Waals surface area contributed by atoms with Gasteiger partial charge in [-0.2, -0.15) is 5.10 Å². The van der Waals surface area contributed by atoms with Gasteiger partial charge in [0, 0.05) is 31.4 Å². The van der Waals surface area contributed by atoms with E-state index < -0.39 is 0 Å². The second kappa shape index (κ2) is 10.1. The lowest BCUT2D eigenvalue weighted by molar-refractivity contribution is -0.125. The summed E-state index contributed by atoms with van der Waals surface area (Å²) in [5.41, 5.74) is 3.12. The van der Waals surface area contributed by atoms with Crippen molar-refractivity contribution in [2.24, 2.45) is 0 Å². The Balaban J connectivity index is 1.52. The van der Waals surface area contributed by atoms with E-state index in [0.29, 0.717) is 19.7 Å². The Morgan fingerprint density at radius 3 is 2.62 bits per heavy atom. The number of carbonyl (C=O) groups excluding carboxylic acids is 1. The largest absolute Gasteiger partial charge is 0.490 e. The van der Waals surface area contributed by atoms with Gasteiger partial charge in [0.15, 0.2) is 0 Å². The first kappa shape index (κ1) is 20.1. The van der Waals surface area contributed by atoms with Gasteiger partial charge < -0.3 is 9.64 Å². The molecule has 0 aliphatic heterocycles. The summed E-state index contributed by atoms with van der Waals surface area (Å²) in [6.07, 6.45) is 8.76. The minimum absolute atomic E-state index is 0.0622. The molecule has 0 atom stereocenters. The van der Waals surface area contributed by atoms with Gasteiger partial charge >= 0.3 is 0 Å². The lowest BCUT2D eigenvalue weighted by atomic mass is 10.2. The average Bonchev–Trinajstić information content (AvgIpc) is 3.19. The Hall–Kier alpha value is -3.60. The maximum Gasteiger partial charge on any atom is 0.246 e. The topological polar surface area (TPSA) is 47.4 Å². The highest BCUT2D eigenvalue weighted by molar-refractivity contribution is 5.91. The van der Waals surface area contributed by atoms with Crippen LogP contribution in [-0.4, -0.2) is 34.2 Å². The number of hydrogen-bond donors (Lipinski definition) is 0. The van der Waals surface area contributed by atoms with E-state index in [2.05, 4.69) is 23.8 Å². The molecule has 3 rings (SSSR count). The number of rotatable bonds is 9. The van der Waals surface area contributed by atoms with E-state index in [1.165, 1.54) is 5.56 Å². The van der Waals surface area contributed by atoms with E-state index in [1.54, 1.807) is 36.4 Å². The Kier molecular flexibility index (Phi) is 7.00. The van der Waals surface area contributed by atoms with Gasteiger partial charge in [-0.3, -0.25) is 9.48 Å². The number of benzene rings is 2. The molecular weight excluding hydrogens is 362 g/mol. The monoisotopic (exact) mass is 387 g/mol. The van der Waals surface area contributed by atoms with E-state index in [9.17, 15) is 4.79 Å². The molecular formula is C24H25N3O2. The van der Waals surface area contributed by atoms with E-state index in [1.807, 2.05) is 53.3 Å². The molecule has 1 heterocycles. The summed E-state index contributed by atoms with van der Waals surface area (Å²) in [6.45, 7) is 5.34.